The van der Waals surface area contributed by atoms with E-state index in [4.69, 9.17) is 14.2 Å². The highest BCUT2D eigenvalue weighted by atomic mass is 16.6. The van der Waals surface area contributed by atoms with E-state index in [0.29, 0.717) is 12.4 Å². The molecule has 0 bridgehead atoms. The van der Waals surface area contributed by atoms with Gasteiger partial charge in [-0.15, -0.1) is 0 Å². The molecule has 1 saturated carbocycles. The predicted molar refractivity (Wildman–Crippen MR) is 129 cm³/mol. The summed E-state index contributed by atoms with van der Waals surface area (Å²) in [7, 11) is 0. The number of para-hydroxylation sites is 1. The Labute approximate surface area is 202 Å². The number of alkyl carbamates (subject to hydrolysis) is 1. The average Bonchev–Trinajstić information content (AvgIpc) is 2.78. The number of hydrogen-bond acceptors (Lipinski definition) is 6. The van der Waals surface area contributed by atoms with Crippen molar-refractivity contribution in [3.05, 3.63) is 29.8 Å². The first kappa shape index (κ1) is 26.3. The lowest BCUT2D eigenvalue weighted by Gasteiger charge is -2.41. The third-order valence-corrected chi connectivity index (χ3v) is 6.52. The summed E-state index contributed by atoms with van der Waals surface area (Å²) in [5.41, 5.74) is -0.209. The standard InChI is InChI=1S/C26H40N2O6/c1-18(23(29)30)33-22-13-7-6-11-19(22)26(14-8-5-9-15-26)32-17-21-20(12-10-16-27-21)28-24(31)34-25(2,3)4/h6-7,11,13,18,20-21,27H,5,8-10,12,14-17H2,1-4H3,(H,28,31)(H,29,30)/t18?,20-,21-/m0/s1. The van der Waals surface area contributed by atoms with Crippen molar-refractivity contribution in [1.82, 2.24) is 10.6 Å². The Morgan fingerprint density at radius 3 is 2.56 bits per heavy atom. The zero-order valence-electron chi connectivity index (χ0n) is 20.9. The molecule has 190 valence electrons. The lowest BCUT2D eigenvalue weighted by atomic mass is 9.79. The molecular weight excluding hydrogens is 436 g/mol. The second-order valence-corrected chi connectivity index (χ2v) is 10.4. The van der Waals surface area contributed by atoms with Crippen LogP contribution >= 0.6 is 0 Å². The van der Waals surface area contributed by atoms with Gasteiger partial charge in [-0.1, -0.05) is 37.5 Å². The van der Waals surface area contributed by atoms with E-state index < -0.39 is 29.4 Å². The fourth-order valence-electron chi connectivity index (χ4n) is 4.81. The van der Waals surface area contributed by atoms with E-state index in [0.717, 1.165) is 57.1 Å². The summed E-state index contributed by atoms with van der Waals surface area (Å²) in [5, 5.41) is 15.9. The molecule has 0 aromatic heterocycles. The van der Waals surface area contributed by atoms with E-state index in [-0.39, 0.29) is 12.1 Å². The van der Waals surface area contributed by atoms with Crippen molar-refractivity contribution in [2.45, 2.75) is 102 Å². The number of carboxylic acid groups (broad SMARTS) is 1. The Morgan fingerprint density at radius 1 is 1.18 bits per heavy atom. The zero-order valence-corrected chi connectivity index (χ0v) is 20.9. The monoisotopic (exact) mass is 476 g/mol. The first-order valence-electron chi connectivity index (χ1n) is 12.5. The number of hydrogen-bond donors (Lipinski definition) is 3. The summed E-state index contributed by atoms with van der Waals surface area (Å²) in [4.78, 5) is 23.8. The first-order valence-corrected chi connectivity index (χ1v) is 12.5. The predicted octanol–water partition coefficient (Wildman–Crippen LogP) is 4.36. The van der Waals surface area contributed by atoms with Crippen LogP contribution in [0.2, 0.25) is 0 Å². The SMILES string of the molecule is CC(Oc1ccccc1C1(OC[C@@H]2NCCC[C@@H]2NC(=O)OC(C)(C)C)CCCCC1)C(=O)O. The van der Waals surface area contributed by atoms with Gasteiger partial charge in [0.2, 0.25) is 0 Å². The zero-order chi connectivity index (χ0) is 24.8. The van der Waals surface area contributed by atoms with E-state index in [1.807, 2.05) is 45.0 Å². The minimum absolute atomic E-state index is 0.0499. The number of piperidine rings is 1. The molecule has 1 unspecified atom stereocenters. The molecule has 8 heteroatoms. The van der Waals surface area contributed by atoms with Gasteiger partial charge in [-0.3, -0.25) is 0 Å². The van der Waals surface area contributed by atoms with Gasteiger partial charge in [0.1, 0.15) is 11.4 Å². The lowest BCUT2D eigenvalue weighted by Crippen LogP contribution is -2.56. The van der Waals surface area contributed by atoms with Crippen LogP contribution in [0.1, 0.15) is 78.2 Å². The van der Waals surface area contributed by atoms with Crippen LogP contribution in [0.15, 0.2) is 24.3 Å². The number of carbonyl (C=O) groups is 2. The van der Waals surface area contributed by atoms with Gasteiger partial charge >= 0.3 is 12.1 Å². The summed E-state index contributed by atoms with van der Waals surface area (Å²) in [6, 6.07) is 7.46. The molecule has 1 aliphatic heterocycles. The molecule has 1 saturated heterocycles. The topological polar surface area (TPSA) is 106 Å². The summed E-state index contributed by atoms with van der Waals surface area (Å²) in [6.07, 6.45) is 5.32. The minimum Gasteiger partial charge on any atom is -0.479 e. The molecule has 3 atom stereocenters. The highest BCUT2D eigenvalue weighted by Crippen LogP contribution is 2.44. The number of ether oxygens (including phenoxy) is 3. The number of carbonyl (C=O) groups excluding carboxylic acids is 1. The third kappa shape index (κ3) is 7.09. The van der Waals surface area contributed by atoms with E-state index in [2.05, 4.69) is 10.6 Å². The quantitative estimate of drug-likeness (QED) is 0.512. The molecule has 0 radical (unpaired) electrons. The fraction of sp³-hybridized carbons (Fsp3) is 0.692. The van der Waals surface area contributed by atoms with Crippen LogP contribution in [-0.4, -0.2) is 54.1 Å². The number of benzene rings is 1. The third-order valence-electron chi connectivity index (χ3n) is 6.52. The molecule has 1 heterocycles. The van der Waals surface area contributed by atoms with Gasteiger partial charge in [-0.25, -0.2) is 9.59 Å². The first-order chi connectivity index (χ1) is 16.1. The molecule has 1 amide bonds. The fourth-order valence-corrected chi connectivity index (χ4v) is 4.81. The number of aliphatic carboxylic acids is 1. The smallest absolute Gasteiger partial charge is 0.407 e. The van der Waals surface area contributed by atoms with Gasteiger partial charge < -0.3 is 30.0 Å². The Morgan fingerprint density at radius 2 is 1.88 bits per heavy atom. The number of amides is 1. The van der Waals surface area contributed by atoms with Crippen molar-refractivity contribution < 1.29 is 28.9 Å². The van der Waals surface area contributed by atoms with Gasteiger partial charge in [-0.2, -0.15) is 0 Å². The number of carboxylic acids is 1. The normalized spacial score (nSPS) is 23.5. The maximum Gasteiger partial charge on any atom is 0.407 e. The number of nitrogens with one attached hydrogen (secondary N) is 2. The van der Waals surface area contributed by atoms with Crippen LogP contribution < -0.4 is 15.4 Å². The van der Waals surface area contributed by atoms with Crippen molar-refractivity contribution in [2.75, 3.05) is 13.2 Å². The van der Waals surface area contributed by atoms with Gasteiger partial charge in [-0.05, 0) is 66.0 Å². The Hall–Kier alpha value is -2.32. The molecular formula is C26H40N2O6. The van der Waals surface area contributed by atoms with Crippen LogP contribution in [0.4, 0.5) is 4.79 Å². The largest absolute Gasteiger partial charge is 0.479 e. The molecule has 2 aliphatic rings. The molecule has 3 rings (SSSR count). The van der Waals surface area contributed by atoms with Crippen molar-refractivity contribution in [3.8, 4) is 5.75 Å². The maximum absolute atomic E-state index is 12.4. The minimum atomic E-state index is -1.00. The maximum atomic E-state index is 12.4. The molecule has 1 aromatic rings. The molecule has 1 aromatic carbocycles. The van der Waals surface area contributed by atoms with Crippen LogP contribution in [0.5, 0.6) is 5.75 Å². The molecule has 3 N–H and O–H groups in total. The summed E-state index contributed by atoms with van der Waals surface area (Å²) >= 11 is 0. The highest BCUT2D eigenvalue weighted by molar-refractivity contribution is 5.72. The average molecular weight is 477 g/mol. The highest BCUT2D eigenvalue weighted by Gasteiger charge is 2.39. The van der Waals surface area contributed by atoms with Crippen LogP contribution in [-0.2, 0) is 19.9 Å². The van der Waals surface area contributed by atoms with E-state index >= 15 is 0 Å². The molecule has 34 heavy (non-hydrogen) atoms. The molecule has 8 nitrogen and oxygen atoms in total. The Bertz CT molecular complexity index is 831. The summed E-state index contributed by atoms with van der Waals surface area (Å²) in [5.74, 6) is -0.449. The molecule has 2 fully saturated rings. The van der Waals surface area contributed by atoms with Crippen molar-refractivity contribution in [2.24, 2.45) is 0 Å². The van der Waals surface area contributed by atoms with Gasteiger partial charge in [0, 0.05) is 11.6 Å². The second-order valence-electron chi connectivity index (χ2n) is 10.4. The Kier molecular flexibility index (Phi) is 8.82. The summed E-state index contributed by atoms with van der Waals surface area (Å²) in [6.45, 7) is 8.37. The van der Waals surface area contributed by atoms with Gasteiger partial charge in [0.25, 0.3) is 0 Å². The van der Waals surface area contributed by atoms with Crippen molar-refractivity contribution >= 4 is 12.1 Å². The van der Waals surface area contributed by atoms with Gasteiger partial charge in [0.05, 0.1) is 18.2 Å². The van der Waals surface area contributed by atoms with Crippen LogP contribution in [0, 0.1) is 0 Å². The molecule has 0 spiro atoms. The molecule has 1 aliphatic carbocycles. The summed E-state index contributed by atoms with van der Waals surface area (Å²) < 4.78 is 18.0. The van der Waals surface area contributed by atoms with E-state index in [9.17, 15) is 14.7 Å². The van der Waals surface area contributed by atoms with Crippen LogP contribution in [0.25, 0.3) is 0 Å². The van der Waals surface area contributed by atoms with Crippen LogP contribution in [0.3, 0.4) is 0 Å². The van der Waals surface area contributed by atoms with Crippen molar-refractivity contribution in [1.29, 1.82) is 0 Å². The van der Waals surface area contributed by atoms with Crippen molar-refractivity contribution in [3.63, 3.8) is 0 Å². The van der Waals surface area contributed by atoms with E-state index in [1.54, 1.807) is 0 Å². The van der Waals surface area contributed by atoms with Gasteiger partial charge in [0.15, 0.2) is 6.10 Å². The second kappa shape index (κ2) is 11.4. The number of rotatable bonds is 8. The Balaban J connectivity index is 1.76. The van der Waals surface area contributed by atoms with E-state index in [1.165, 1.54) is 6.92 Å². The lowest BCUT2D eigenvalue weighted by molar-refractivity contribution is -0.144.